The Kier molecular flexibility index (Phi) is 4.08. The van der Waals surface area contributed by atoms with E-state index in [2.05, 4.69) is 12.2 Å². The lowest BCUT2D eigenvalue weighted by atomic mass is 9.82. The smallest absolute Gasteiger partial charge is 0.313 e. The standard InChI is InChI=1S/C14H25NO2/c1-11-4-6-12(7-5-11)17-13(16)14(2)8-3-9-15-10-14/h11-12,15H,3-10H2,1-2H3. The van der Waals surface area contributed by atoms with E-state index in [9.17, 15) is 4.79 Å². The normalized spacial score (nSPS) is 38.7. The maximum atomic E-state index is 12.2. The number of hydrogen-bond acceptors (Lipinski definition) is 3. The zero-order valence-corrected chi connectivity index (χ0v) is 11.1. The van der Waals surface area contributed by atoms with E-state index in [4.69, 9.17) is 4.74 Å². The third kappa shape index (κ3) is 3.21. The van der Waals surface area contributed by atoms with Gasteiger partial charge in [-0.1, -0.05) is 6.92 Å². The molecule has 98 valence electrons. The highest BCUT2D eigenvalue weighted by Crippen LogP contribution is 2.31. The largest absolute Gasteiger partial charge is 0.462 e. The summed E-state index contributed by atoms with van der Waals surface area (Å²) >= 11 is 0. The second-order valence-electron chi connectivity index (χ2n) is 6.13. The van der Waals surface area contributed by atoms with Crippen molar-refractivity contribution in [2.75, 3.05) is 13.1 Å². The number of esters is 1. The Balaban J connectivity index is 1.83. The number of nitrogens with one attached hydrogen (secondary N) is 1. The first kappa shape index (κ1) is 12.9. The molecule has 0 spiro atoms. The minimum absolute atomic E-state index is 0.0178. The first-order valence-corrected chi connectivity index (χ1v) is 7.02. The molecule has 1 aliphatic carbocycles. The van der Waals surface area contributed by atoms with E-state index in [0.717, 1.165) is 44.7 Å². The number of piperidine rings is 1. The van der Waals surface area contributed by atoms with Crippen LogP contribution in [0.3, 0.4) is 0 Å². The van der Waals surface area contributed by atoms with E-state index < -0.39 is 0 Å². The molecular weight excluding hydrogens is 214 g/mol. The fourth-order valence-corrected chi connectivity index (χ4v) is 2.87. The topological polar surface area (TPSA) is 38.3 Å². The molecule has 1 saturated heterocycles. The molecule has 3 nitrogen and oxygen atoms in total. The molecule has 1 atom stereocenters. The van der Waals surface area contributed by atoms with Crippen LogP contribution < -0.4 is 5.32 Å². The van der Waals surface area contributed by atoms with Crippen molar-refractivity contribution in [1.29, 1.82) is 0 Å². The summed E-state index contributed by atoms with van der Waals surface area (Å²) in [6, 6.07) is 0. The number of carbonyl (C=O) groups excluding carboxylic acids is 1. The van der Waals surface area contributed by atoms with Gasteiger partial charge in [0.15, 0.2) is 0 Å². The van der Waals surface area contributed by atoms with Gasteiger partial charge in [0.05, 0.1) is 5.41 Å². The van der Waals surface area contributed by atoms with Gasteiger partial charge in [-0.3, -0.25) is 4.79 Å². The molecule has 0 radical (unpaired) electrons. The molecule has 0 amide bonds. The van der Waals surface area contributed by atoms with Gasteiger partial charge in [0.25, 0.3) is 0 Å². The average molecular weight is 239 g/mol. The van der Waals surface area contributed by atoms with Gasteiger partial charge in [-0.15, -0.1) is 0 Å². The lowest BCUT2D eigenvalue weighted by Crippen LogP contribution is -2.45. The first-order valence-electron chi connectivity index (χ1n) is 7.02. The highest BCUT2D eigenvalue weighted by Gasteiger charge is 2.37. The van der Waals surface area contributed by atoms with Crippen molar-refractivity contribution < 1.29 is 9.53 Å². The van der Waals surface area contributed by atoms with E-state index in [1.165, 1.54) is 12.8 Å². The van der Waals surface area contributed by atoms with Gasteiger partial charge in [0.1, 0.15) is 6.10 Å². The summed E-state index contributed by atoms with van der Waals surface area (Å²) in [4.78, 5) is 12.2. The van der Waals surface area contributed by atoms with E-state index in [-0.39, 0.29) is 17.5 Å². The Labute approximate surface area is 104 Å². The van der Waals surface area contributed by atoms with E-state index in [1.807, 2.05) is 6.92 Å². The SMILES string of the molecule is CC1CCC(OC(=O)C2(C)CCCNC2)CC1. The van der Waals surface area contributed by atoms with Crippen LogP contribution >= 0.6 is 0 Å². The van der Waals surface area contributed by atoms with E-state index in [1.54, 1.807) is 0 Å². The Morgan fingerprint density at radius 3 is 2.59 bits per heavy atom. The van der Waals surface area contributed by atoms with Gasteiger partial charge in [0, 0.05) is 6.54 Å². The van der Waals surface area contributed by atoms with Crippen LogP contribution in [0.5, 0.6) is 0 Å². The van der Waals surface area contributed by atoms with Gasteiger partial charge in [-0.2, -0.15) is 0 Å². The van der Waals surface area contributed by atoms with Crippen molar-refractivity contribution in [3.63, 3.8) is 0 Å². The maximum absolute atomic E-state index is 12.2. The molecule has 2 rings (SSSR count). The molecule has 1 heterocycles. The summed E-state index contributed by atoms with van der Waals surface area (Å²) in [5.74, 6) is 0.820. The number of carbonyl (C=O) groups is 1. The van der Waals surface area contributed by atoms with Crippen LogP contribution in [0.1, 0.15) is 52.4 Å². The Morgan fingerprint density at radius 2 is 2.00 bits per heavy atom. The zero-order chi connectivity index (χ0) is 12.3. The minimum atomic E-state index is -0.290. The molecule has 0 aromatic rings. The summed E-state index contributed by atoms with van der Waals surface area (Å²) in [5, 5.41) is 3.30. The molecular formula is C14H25NO2. The fourth-order valence-electron chi connectivity index (χ4n) is 2.87. The lowest BCUT2D eigenvalue weighted by Gasteiger charge is -2.34. The lowest BCUT2D eigenvalue weighted by molar-refractivity contribution is -0.163. The van der Waals surface area contributed by atoms with Gasteiger partial charge >= 0.3 is 5.97 Å². The second kappa shape index (κ2) is 5.38. The molecule has 1 aliphatic heterocycles. The predicted octanol–water partition coefficient (Wildman–Crippen LogP) is 2.50. The number of hydrogen-bond donors (Lipinski definition) is 1. The molecule has 0 aromatic heterocycles. The number of ether oxygens (including phenoxy) is 1. The minimum Gasteiger partial charge on any atom is -0.462 e. The van der Waals surface area contributed by atoms with Crippen LogP contribution in [-0.4, -0.2) is 25.2 Å². The van der Waals surface area contributed by atoms with Gasteiger partial charge in [0.2, 0.25) is 0 Å². The van der Waals surface area contributed by atoms with E-state index in [0.29, 0.717) is 0 Å². The third-order valence-corrected chi connectivity index (χ3v) is 4.33. The summed E-state index contributed by atoms with van der Waals surface area (Å²) in [5.41, 5.74) is -0.290. The molecule has 2 fully saturated rings. The Bertz CT molecular complexity index is 263. The Hall–Kier alpha value is -0.570. The molecule has 1 unspecified atom stereocenters. The van der Waals surface area contributed by atoms with Crippen LogP contribution in [0.25, 0.3) is 0 Å². The summed E-state index contributed by atoms with van der Waals surface area (Å²) in [6.45, 7) is 6.12. The Morgan fingerprint density at radius 1 is 1.29 bits per heavy atom. The van der Waals surface area contributed by atoms with Crippen LogP contribution in [0, 0.1) is 11.3 Å². The fraction of sp³-hybridized carbons (Fsp3) is 0.929. The van der Waals surface area contributed by atoms with Crippen LogP contribution in [0.4, 0.5) is 0 Å². The summed E-state index contributed by atoms with van der Waals surface area (Å²) in [7, 11) is 0. The van der Waals surface area contributed by atoms with Crippen molar-refractivity contribution in [2.45, 2.75) is 58.5 Å². The molecule has 3 heteroatoms. The maximum Gasteiger partial charge on any atom is 0.313 e. The van der Waals surface area contributed by atoms with Crippen LogP contribution in [-0.2, 0) is 9.53 Å². The van der Waals surface area contributed by atoms with Crippen molar-refractivity contribution in [2.24, 2.45) is 11.3 Å². The molecule has 17 heavy (non-hydrogen) atoms. The number of rotatable bonds is 2. The highest BCUT2D eigenvalue weighted by atomic mass is 16.5. The molecule has 1 saturated carbocycles. The highest BCUT2D eigenvalue weighted by molar-refractivity contribution is 5.77. The van der Waals surface area contributed by atoms with Crippen LogP contribution in [0.15, 0.2) is 0 Å². The van der Waals surface area contributed by atoms with Gasteiger partial charge in [-0.05, 0) is 57.9 Å². The van der Waals surface area contributed by atoms with E-state index >= 15 is 0 Å². The first-order chi connectivity index (χ1) is 8.10. The monoisotopic (exact) mass is 239 g/mol. The molecule has 0 bridgehead atoms. The summed E-state index contributed by atoms with van der Waals surface area (Å²) < 4.78 is 5.70. The molecule has 0 aromatic carbocycles. The quantitative estimate of drug-likeness (QED) is 0.752. The predicted molar refractivity (Wildman–Crippen MR) is 67.7 cm³/mol. The van der Waals surface area contributed by atoms with Crippen molar-refractivity contribution >= 4 is 5.97 Å². The van der Waals surface area contributed by atoms with Gasteiger partial charge < -0.3 is 10.1 Å². The molecule has 1 N–H and O–H groups in total. The summed E-state index contributed by atoms with van der Waals surface area (Å²) in [6.07, 6.45) is 6.72. The van der Waals surface area contributed by atoms with Crippen molar-refractivity contribution in [1.82, 2.24) is 5.32 Å². The average Bonchev–Trinajstić information content (AvgIpc) is 2.33. The second-order valence-corrected chi connectivity index (χ2v) is 6.13. The van der Waals surface area contributed by atoms with Gasteiger partial charge in [-0.25, -0.2) is 0 Å². The van der Waals surface area contributed by atoms with Crippen molar-refractivity contribution in [3.05, 3.63) is 0 Å². The molecule has 2 aliphatic rings. The van der Waals surface area contributed by atoms with Crippen LogP contribution in [0.2, 0.25) is 0 Å². The third-order valence-electron chi connectivity index (χ3n) is 4.33. The zero-order valence-electron chi connectivity index (χ0n) is 11.1. The van der Waals surface area contributed by atoms with Crippen molar-refractivity contribution in [3.8, 4) is 0 Å².